The van der Waals surface area contributed by atoms with Crippen LogP contribution in [0.4, 0.5) is 0 Å². The minimum absolute atomic E-state index is 0.0515. The van der Waals surface area contributed by atoms with Crippen molar-refractivity contribution in [1.29, 1.82) is 0 Å². The van der Waals surface area contributed by atoms with E-state index < -0.39 is 17.4 Å². The van der Waals surface area contributed by atoms with E-state index in [0.717, 1.165) is 16.7 Å². The molecule has 1 aromatic heterocycles. The summed E-state index contributed by atoms with van der Waals surface area (Å²) in [6.45, 7) is 1.52. The van der Waals surface area contributed by atoms with Crippen molar-refractivity contribution in [3.8, 4) is 16.9 Å². The second-order valence-electron chi connectivity index (χ2n) is 8.30. The fraction of sp³-hybridized carbons (Fsp3) is 0.172. The van der Waals surface area contributed by atoms with Crippen molar-refractivity contribution in [2.45, 2.75) is 20.0 Å². The number of H-pyrrole nitrogens is 1. The van der Waals surface area contributed by atoms with Crippen LogP contribution in [0.1, 0.15) is 34.4 Å². The zero-order valence-electron chi connectivity index (χ0n) is 20.7. The molecule has 4 aromatic rings. The molecule has 0 saturated heterocycles. The largest absolute Gasteiger partial charge is 0.481 e. The maximum Gasteiger partial charge on any atom is 0.325 e. The van der Waals surface area contributed by atoms with Gasteiger partial charge in [0.05, 0.1) is 6.61 Å². The number of carbonyl (C=O) groups is 2. The van der Waals surface area contributed by atoms with Gasteiger partial charge < -0.3 is 19.8 Å². The number of nitrogens with one attached hydrogen (secondary N) is 2. The summed E-state index contributed by atoms with van der Waals surface area (Å²) < 4.78 is 10.6. The van der Waals surface area contributed by atoms with Crippen molar-refractivity contribution in [2.24, 2.45) is 0 Å². The van der Waals surface area contributed by atoms with Gasteiger partial charge in [-0.3, -0.25) is 14.4 Å². The highest BCUT2D eigenvalue weighted by molar-refractivity contribution is 6.31. The van der Waals surface area contributed by atoms with Gasteiger partial charge in [0.15, 0.2) is 5.69 Å². The molecule has 0 unspecified atom stereocenters. The molecule has 0 spiro atoms. The fourth-order valence-corrected chi connectivity index (χ4v) is 3.99. The number of aromatic nitrogens is 2. The molecule has 0 bridgehead atoms. The van der Waals surface area contributed by atoms with Gasteiger partial charge >= 0.3 is 5.97 Å². The van der Waals surface area contributed by atoms with Crippen molar-refractivity contribution in [1.82, 2.24) is 15.3 Å². The maximum absolute atomic E-state index is 13.0. The molecule has 0 aliphatic carbocycles. The monoisotopic (exact) mass is 531 g/mol. The van der Waals surface area contributed by atoms with Gasteiger partial charge in [0.1, 0.15) is 19.0 Å². The van der Waals surface area contributed by atoms with Crippen LogP contribution in [0.5, 0.6) is 5.75 Å². The number of esters is 1. The number of halogens is 1. The number of nitrogens with zero attached hydrogens (tertiary/aromatic N) is 1. The Kier molecular flexibility index (Phi) is 8.89. The Bertz CT molecular complexity index is 1470. The number of carbonyl (C=O) groups excluding carboxylic acids is 2. The average Bonchev–Trinajstić information content (AvgIpc) is 2.93. The average molecular weight is 532 g/mol. The third-order valence-electron chi connectivity index (χ3n) is 5.58. The molecule has 194 valence electrons. The van der Waals surface area contributed by atoms with Crippen LogP contribution in [0.25, 0.3) is 11.1 Å². The van der Waals surface area contributed by atoms with Crippen LogP contribution in [-0.4, -0.2) is 35.0 Å². The van der Waals surface area contributed by atoms with E-state index >= 15 is 0 Å². The lowest BCUT2D eigenvalue weighted by molar-refractivity contribution is -0.141. The molecular formula is C29H26ClN3O5. The maximum atomic E-state index is 13.0. The highest BCUT2D eigenvalue weighted by Gasteiger charge is 2.21. The number of hydrogen-bond donors (Lipinski definition) is 2. The van der Waals surface area contributed by atoms with Gasteiger partial charge in [-0.2, -0.15) is 0 Å². The zero-order chi connectivity index (χ0) is 26.9. The van der Waals surface area contributed by atoms with Gasteiger partial charge in [-0.25, -0.2) is 4.98 Å². The van der Waals surface area contributed by atoms with Gasteiger partial charge in [0.25, 0.3) is 11.5 Å². The quantitative estimate of drug-likeness (QED) is 0.290. The smallest absolute Gasteiger partial charge is 0.325 e. The van der Waals surface area contributed by atoms with Gasteiger partial charge in [-0.05, 0) is 35.2 Å². The number of aromatic amines is 1. The van der Waals surface area contributed by atoms with Crippen molar-refractivity contribution < 1.29 is 19.1 Å². The molecule has 0 atom stereocenters. The van der Waals surface area contributed by atoms with Crippen LogP contribution >= 0.6 is 11.6 Å². The molecule has 1 heterocycles. The van der Waals surface area contributed by atoms with E-state index in [4.69, 9.17) is 21.1 Å². The Hall–Kier alpha value is -4.43. The van der Waals surface area contributed by atoms with Gasteiger partial charge in [-0.15, -0.1) is 0 Å². The predicted molar refractivity (Wildman–Crippen MR) is 144 cm³/mol. The molecule has 0 radical (unpaired) electrons. The summed E-state index contributed by atoms with van der Waals surface area (Å²) in [5.74, 6) is -1.37. The Balaban J connectivity index is 1.61. The molecule has 0 saturated carbocycles. The minimum Gasteiger partial charge on any atom is -0.481 e. The Morgan fingerprint density at radius 2 is 1.68 bits per heavy atom. The second-order valence-corrected chi connectivity index (χ2v) is 8.71. The molecule has 0 aliphatic heterocycles. The molecule has 4 rings (SSSR count). The Morgan fingerprint density at radius 3 is 2.37 bits per heavy atom. The predicted octanol–water partition coefficient (Wildman–Crippen LogP) is 4.55. The number of amides is 1. The number of rotatable bonds is 10. The van der Waals surface area contributed by atoms with Crippen molar-refractivity contribution in [3.05, 3.63) is 117 Å². The van der Waals surface area contributed by atoms with E-state index in [1.165, 1.54) is 0 Å². The summed E-state index contributed by atoms with van der Waals surface area (Å²) in [6, 6.07) is 24.6. The fourth-order valence-electron chi connectivity index (χ4n) is 3.74. The minimum atomic E-state index is -0.737. The van der Waals surface area contributed by atoms with Crippen LogP contribution in [0.15, 0.2) is 83.7 Å². The summed E-state index contributed by atoms with van der Waals surface area (Å²) in [5, 5.41) is 2.93. The van der Waals surface area contributed by atoms with Crippen LogP contribution in [0.2, 0.25) is 5.02 Å². The van der Waals surface area contributed by atoms with E-state index in [-0.39, 0.29) is 43.4 Å². The van der Waals surface area contributed by atoms with Crippen molar-refractivity contribution in [2.75, 3.05) is 13.2 Å². The molecule has 2 N–H and O–H groups in total. The molecule has 3 aromatic carbocycles. The highest BCUT2D eigenvalue weighted by Crippen LogP contribution is 2.27. The van der Waals surface area contributed by atoms with Crippen LogP contribution < -0.4 is 15.6 Å². The molecule has 1 amide bonds. The first-order chi connectivity index (χ1) is 18.4. The van der Waals surface area contributed by atoms with E-state index in [1.807, 2.05) is 78.9 Å². The first kappa shape index (κ1) is 26.6. The van der Waals surface area contributed by atoms with Crippen LogP contribution in [0.3, 0.4) is 0 Å². The lowest BCUT2D eigenvalue weighted by atomic mass is 10.0. The lowest BCUT2D eigenvalue weighted by Gasteiger charge is -2.13. The van der Waals surface area contributed by atoms with Crippen LogP contribution in [0, 0.1) is 0 Å². The molecule has 9 heteroatoms. The number of ether oxygens (including phenoxy) is 2. The van der Waals surface area contributed by atoms with E-state index in [9.17, 15) is 14.4 Å². The summed E-state index contributed by atoms with van der Waals surface area (Å²) in [5.41, 5.74) is 2.63. The molecule has 38 heavy (non-hydrogen) atoms. The van der Waals surface area contributed by atoms with Gasteiger partial charge in [-0.1, -0.05) is 84.4 Å². The SMILES string of the molecule is CCOC(=O)CNC(=O)c1nc(Cc2ccc(-c3ccccc3)cc2Cl)[nH]c(=O)c1OCc1ccccc1. The normalized spacial score (nSPS) is 10.6. The molecule has 0 fully saturated rings. The topological polar surface area (TPSA) is 110 Å². The Morgan fingerprint density at radius 1 is 0.974 bits per heavy atom. The van der Waals surface area contributed by atoms with Gasteiger partial charge in [0.2, 0.25) is 5.75 Å². The van der Waals surface area contributed by atoms with Crippen LogP contribution in [-0.2, 0) is 22.6 Å². The van der Waals surface area contributed by atoms with E-state index in [1.54, 1.807) is 6.92 Å². The highest BCUT2D eigenvalue weighted by atomic mass is 35.5. The molecule has 0 aliphatic rings. The summed E-state index contributed by atoms with van der Waals surface area (Å²) >= 11 is 6.56. The summed E-state index contributed by atoms with van der Waals surface area (Å²) in [7, 11) is 0. The van der Waals surface area contributed by atoms with E-state index in [2.05, 4.69) is 15.3 Å². The first-order valence-corrected chi connectivity index (χ1v) is 12.4. The van der Waals surface area contributed by atoms with Crippen molar-refractivity contribution in [3.63, 3.8) is 0 Å². The third kappa shape index (κ3) is 6.86. The molecule has 8 nitrogen and oxygen atoms in total. The number of benzene rings is 3. The zero-order valence-corrected chi connectivity index (χ0v) is 21.5. The lowest BCUT2D eigenvalue weighted by Crippen LogP contribution is -2.33. The number of hydrogen-bond acceptors (Lipinski definition) is 6. The summed E-state index contributed by atoms with van der Waals surface area (Å²) in [6.07, 6.45) is 0.167. The Labute approximate surface area is 224 Å². The standard InChI is InChI=1S/C29H26ClN3O5/c1-2-37-25(34)17-31-28(35)26-27(38-18-19-9-5-3-6-10-19)29(36)33-24(32-26)16-22-14-13-21(15-23(22)30)20-11-7-4-8-12-20/h3-15H,2,16-18H2,1H3,(H,31,35)(H,32,33,36). The summed E-state index contributed by atoms with van der Waals surface area (Å²) in [4.78, 5) is 44.8. The molecular weight excluding hydrogens is 506 g/mol. The van der Waals surface area contributed by atoms with Gasteiger partial charge in [0, 0.05) is 11.4 Å². The first-order valence-electron chi connectivity index (χ1n) is 12.0. The van der Waals surface area contributed by atoms with Crippen molar-refractivity contribution >= 4 is 23.5 Å². The third-order valence-corrected chi connectivity index (χ3v) is 5.94. The second kappa shape index (κ2) is 12.7. The van der Waals surface area contributed by atoms with E-state index in [0.29, 0.717) is 10.6 Å².